The van der Waals surface area contributed by atoms with Crippen LogP contribution in [0.25, 0.3) is 10.4 Å². The predicted molar refractivity (Wildman–Crippen MR) is 108 cm³/mol. The van der Waals surface area contributed by atoms with Gasteiger partial charge >= 0.3 is 0 Å². The van der Waals surface area contributed by atoms with E-state index in [0.717, 1.165) is 0 Å². The van der Waals surface area contributed by atoms with Gasteiger partial charge in [0.2, 0.25) is 0 Å². The maximum atomic E-state index is 10.5. The second kappa shape index (κ2) is 15.0. The van der Waals surface area contributed by atoms with Crippen LogP contribution in [0.15, 0.2) is 5.11 Å². The average molecular weight is 499 g/mol. The highest BCUT2D eigenvalue weighted by Gasteiger charge is 2.50. The number of azide groups is 1. The van der Waals surface area contributed by atoms with Crippen LogP contribution < -0.4 is 0 Å². The number of hydrogen-bond acceptors (Lipinski definition) is 14. The zero-order valence-electron chi connectivity index (χ0n) is 18.4. The highest BCUT2D eigenvalue weighted by molar-refractivity contribution is 4.94. The molecule has 0 aromatic rings. The van der Waals surface area contributed by atoms with Crippen LogP contribution in [-0.2, 0) is 28.4 Å². The Hall–Kier alpha value is -1.21. The van der Waals surface area contributed by atoms with Gasteiger partial charge in [-0.05, 0) is 5.53 Å². The Morgan fingerprint density at radius 3 is 1.94 bits per heavy atom. The van der Waals surface area contributed by atoms with Crippen molar-refractivity contribution in [2.75, 3.05) is 52.8 Å². The Morgan fingerprint density at radius 1 is 0.706 bits per heavy atom. The molecule has 34 heavy (non-hydrogen) atoms. The molecule has 10 atom stereocenters. The third kappa shape index (κ3) is 7.91. The van der Waals surface area contributed by atoms with E-state index in [0.29, 0.717) is 0 Å². The smallest absolute Gasteiger partial charge is 0.187 e. The fourth-order valence-electron chi connectivity index (χ4n) is 3.39. The molecule has 2 fully saturated rings. The lowest BCUT2D eigenvalue weighted by atomic mass is 9.97. The molecule has 0 aromatic heterocycles. The van der Waals surface area contributed by atoms with Gasteiger partial charge in [0.1, 0.15) is 48.8 Å². The lowest BCUT2D eigenvalue weighted by Crippen LogP contribution is -2.64. The van der Waals surface area contributed by atoms with Crippen molar-refractivity contribution in [1.29, 1.82) is 0 Å². The third-order valence-corrected chi connectivity index (χ3v) is 5.24. The van der Waals surface area contributed by atoms with E-state index >= 15 is 0 Å². The minimum absolute atomic E-state index is 0.0243. The zero-order chi connectivity index (χ0) is 25.1. The van der Waals surface area contributed by atoms with E-state index in [1.54, 1.807) is 0 Å². The molecule has 2 heterocycles. The molecule has 16 heteroatoms. The molecule has 0 amide bonds. The topological polar surface area (TPSA) is 246 Å². The van der Waals surface area contributed by atoms with Gasteiger partial charge in [-0.3, -0.25) is 0 Å². The number of rotatable bonds is 14. The molecule has 0 unspecified atom stereocenters. The van der Waals surface area contributed by atoms with Crippen LogP contribution in [0.3, 0.4) is 0 Å². The molecule has 2 aliphatic heterocycles. The SMILES string of the molecule is [N-]=[N+]=NCCOCCOCCO[C@H]1O[C@H](CO)[C@@H](O[C@@H]2O[C@H](CO)[C@H](O)[C@H](O)[C@H]2O)[C@H](O)[C@H]1O. The highest BCUT2D eigenvalue weighted by Crippen LogP contribution is 2.29. The Labute approximate surface area is 194 Å². The van der Waals surface area contributed by atoms with Gasteiger partial charge in [0.25, 0.3) is 0 Å². The zero-order valence-corrected chi connectivity index (χ0v) is 18.4. The van der Waals surface area contributed by atoms with Crippen molar-refractivity contribution < 1.29 is 64.2 Å². The molecule has 0 radical (unpaired) electrons. The van der Waals surface area contributed by atoms with E-state index in [1.807, 2.05) is 0 Å². The molecule has 0 bridgehead atoms. The minimum Gasteiger partial charge on any atom is -0.394 e. The molecule has 16 nitrogen and oxygen atoms in total. The highest BCUT2D eigenvalue weighted by atomic mass is 16.7. The lowest BCUT2D eigenvalue weighted by molar-refractivity contribution is -0.359. The summed E-state index contributed by atoms with van der Waals surface area (Å²) in [4.78, 5) is 2.59. The standard InChI is InChI=1S/C18H33N3O13/c19-21-20-1-2-29-3-4-30-5-6-31-17-15(28)13(26)16(10(8-23)33-17)34-18-14(27)12(25)11(24)9(7-22)32-18/h9-18,22-28H,1-8H2/t9-,10-,11+,12+,13-,14-,15-,16-,17+,18+/m1/s1. The summed E-state index contributed by atoms with van der Waals surface area (Å²) in [5, 5.41) is 73.0. The molecule has 0 aromatic carbocycles. The molecule has 0 spiro atoms. The Bertz CT molecular complexity index is 624. The largest absolute Gasteiger partial charge is 0.394 e. The van der Waals surface area contributed by atoms with E-state index in [2.05, 4.69) is 10.0 Å². The molecule has 2 aliphatic rings. The van der Waals surface area contributed by atoms with E-state index in [4.69, 9.17) is 34.0 Å². The number of nitrogens with zero attached hydrogens (tertiary/aromatic N) is 3. The molecule has 0 aliphatic carbocycles. The molecule has 198 valence electrons. The number of aliphatic hydroxyl groups excluding tert-OH is 7. The van der Waals surface area contributed by atoms with Crippen LogP contribution in [0.2, 0.25) is 0 Å². The van der Waals surface area contributed by atoms with Crippen molar-refractivity contribution in [3.05, 3.63) is 10.4 Å². The first kappa shape index (κ1) is 29.0. The van der Waals surface area contributed by atoms with Gasteiger partial charge < -0.3 is 64.2 Å². The van der Waals surface area contributed by atoms with E-state index in [1.165, 1.54) is 0 Å². The second-order valence-electron chi connectivity index (χ2n) is 7.55. The summed E-state index contributed by atoms with van der Waals surface area (Å²) in [6.07, 6.45) is -15.1. The number of ether oxygens (including phenoxy) is 6. The molecule has 2 rings (SSSR count). The second-order valence-corrected chi connectivity index (χ2v) is 7.55. The maximum Gasteiger partial charge on any atom is 0.187 e. The van der Waals surface area contributed by atoms with Gasteiger partial charge in [-0.15, -0.1) is 0 Å². The summed E-state index contributed by atoms with van der Waals surface area (Å²) in [6.45, 7) is -0.266. The summed E-state index contributed by atoms with van der Waals surface area (Å²) < 4.78 is 32.0. The van der Waals surface area contributed by atoms with Crippen molar-refractivity contribution in [1.82, 2.24) is 0 Å². The summed E-state index contributed by atoms with van der Waals surface area (Å²) in [5.74, 6) is 0. The normalized spacial score (nSPS) is 38.4. The van der Waals surface area contributed by atoms with Gasteiger partial charge in [0, 0.05) is 11.5 Å². The van der Waals surface area contributed by atoms with Crippen molar-refractivity contribution in [3.8, 4) is 0 Å². The van der Waals surface area contributed by atoms with Gasteiger partial charge in [-0.1, -0.05) is 5.11 Å². The first-order chi connectivity index (χ1) is 16.3. The molecular formula is C18H33N3O13. The van der Waals surface area contributed by atoms with Gasteiger partial charge in [-0.2, -0.15) is 0 Å². The third-order valence-electron chi connectivity index (χ3n) is 5.24. The van der Waals surface area contributed by atoms with Gasteiger partial charge in [-0.25, -0.2) is 0 Å². The maximum absolute atomic E-state index is 10.5. The van der Waals surface area contributed by atoms with Crippen LogP contribution in [0, 0.1) is 0 Å². The summed E-state index contributed by atoms with van der Waals surface area (Å²) in [6, 6.07) is 0. The summed E-state index contributed by atoms with van der Waals surface area (Å²) >= 11 is 0. The summed E-state index contributed by atoms with van der Waals surface area (Å²) in [5.41, 5.74) is 8.14. The number of aliphatic hydroxyl groups is 7. The average Bonchev–Trinajstić information content (AvgIpc) is 2.84. The first-order valence-corrected chi connectivity index (χ1v) is 10.7. The van der Waals surface area contributed by atoms with Crippen molar-refractivity contribution in [2.45, 2.75) is 61.4 Å². The van der Waals surface area contributed by atoms with Gasteiger partial charge in [0.15, 0.2) is 12.6 Å². The molecular weight excluding hydrogens is 466 g/mol. The van der Waals surface area contributed by atoms with Crippen LogP contribution in [0.4, 0.5) is 0 Å². The molecule has 0 saturated carbocycles. The fraction of sp³-hybridized carbons (Fsp3) is 1.00. The Balaban J connectivity index is 1.79. The van der Waals surface area contributed by atoms with E-state index in [-0.39, 0.29) is 39.6 Å². The van der Waals surface area contributed by atoms with Crippen LogP contribution in [0.5, 0.6) is 0 Å². The quantitative estimate of drug-likeness (QED) is 0.0521. The van der Waals surface area contributed by atoms with Gasteiger partial charge in [0.05, 0.1) is 46.2 Å². The molecule has 7 N–H and O–H groups in total. The number of hydrogen-bond donors (Lipinski definition) is 7. The van der Waals surface area contributed by atoms with Crippen molar-refractivity contribution in [2.24, 2.45) is 5.11 Å². The van der Waals surface area contributed by atoms with Crippen LogP contribution in [0.1, 0.15) is 0 Å². The monoisotopic (exact) mass is 499 g/mol. The first-order valence-electron chi connectivity index (χ1n) is 10.7. The lowest BCUT2D eigenvalue weighted by Gasteiger charge is -2.45. The minimum atomic E-state index is -1.74. The van der Waals surface area contributed by atoms with Crippen LogP contribution >= 0.6 is 0 Å². The van der Waals surface area contributed by atoms with Crippen LogP contribution in [-0.4, -0.2) is 150 Å². The Kier molecular flexibility index (Phi) is 12.8. The van der Waals surface area contributed by atoms with E-state index in [9.17, 15) is 35.7 Å². The van der Waals surface area contributed by atoms with E-state index < -0.39 is 74.6 Å². The van der Waals surface area contributed by atoms with Crippen molar-refractivity contribution in [3.63, 3.8) is 0 Å². The molecule has 2 saturated heterocycles. The predicted octanol–water partition coefficient (Wildman–Crippen LogP) is -4.03. The summed E-state index contributed by atoms with van der Waals surface area (Å²) in [7, 11) is 0. The van der Waals surface area contributed by atoms with Crippen molar-refractivity contribution >= 4 is 0 Å². The Morgan fingerprint density at radius 2 is 1.29 bits per heavy atom. The fourth-order valence-corrected chi connectivity index (χ4v) is 3.39.